The van der Waals surface area contributed by atoms with Gasteiger partial charge in [-0.25, -0.2) is 9.78 Å². The molecule has 0 aliphatic heterocycles. The molecule has 1 saturated carbocycles. The Hall–Kier alpha value is -1.63. The minimum atomic E-state index is -0.452. The van der Waals surface area contributed by atoms with Crippen molar-refractivity contribution in [1.82, 2.24) is 25.8 Å². The van der Waals surface area contributed by atoms with Crippen molar-refractivity contribution < 1.29 is 9.53 Å². The van der Waals surface area contributed by atoms with Gasteiger partial charge in [-0.1, -0.05) is 0 Å². The molecule has 7 heteroatoms. The van der Waals surface area contributed by atoms with Gasteiger partial charge in [0.25, 0.3) is 0 Å². The third-order valence-electron chi connectivity index (χ3n) is 3.18. The van der Waals surface area contributed by atoms with Gasteiger partial charge in [0, 0.05) is 12.1 Å². The van der Waals surface area contributed by atoms with Gasteiger partial charge in [0.15, 0.2) is 0 Å². The molecule has 3 N–H and O–H groups in total. The topological polar surface area (TPSA) is 91.9 Å². The summed E-state index contributed by atoms with van der Waals surface area (Å²) in [5.74, 6) is 0.827. The van der Waals surface area contributed by atoms with Gasteiger partial charge in [-0.15, -0.1) is 0 Å². The van der Waals surface area contributed by atoms with Crippen LogP contribution in [0.3, 0.4) is 0 Å². The number of aromatic amines is 1. The summed E-state index contributed by atoms with van der Waals surface area (Å²) in [7, 11) is 0. The van der Waals surface area contributed by atoms with Crippen LogP contribution in [0.15, 0.2) is 6.33 Å². The Morgan fingerprint density at radius 2 is 2.20 bits per heavy atom. The molecular weight excluding hydrogens is 258 g/mol. The fourth-order valence-electron chi connectivity index (χ4n) is 2.33. The van der Waals surface area contributed by atoms with E-state index in [4.69, 9.17) is 4.74 Å². The summed E-state index contributed by atoms with van der Waals surface area (Å²) in [6.07, 6.45) is 4.08. The molecule has 0 aromatic carbocycles. The maximum absolute atomic E-state index is 11.7. The highest BCUT2D eigenvalue weighted by molar-refractivity contribution is 5.68. The summed E-state index contributed by atoms with van der Waals surface area (Å²) in [5, 5.41) is 13.0. The lowest BCUT2D eigenvalue weighted by atomic mass is 10.2. The van der Waals surface area contributed by atoms with E-state index in [1.165, 1.54) is 6.33 Å². The first kappa shape index (κ1) is 14.8. The van der Waals surface area contributed by atoms with Gasteiger partial charge >= 0.3 is 6.09 Å². The van der Waals surface area contributed by atoms with E-state index >= 15 is 0 Å². The van der Waals surface area contributed by atoms with Crippen molar-refractivity contribution in [2.24, 2.45) is 0 Å². The van der Waals surface area contributed by atoms with E-state index in [1.807, 2.05) is 20.8 Å². The molecule has 20 heavy (non-hydrogen) atoms. The number of hydrogen-bond donors (Lipinski definition) is 3. The Bertz CT molecular complexity index is 426. The number of nitrogens with one attached hydrogen (secondary N) is 3. The average Bonchev–Trinajstić information content (AvgIpc) is 2.94. The van der Waals surface area contributed by atoms with Crippen molar-refractivity contribution in [2.45, 2.75) is 64.3 Å². The van der Waals surface area contributed by atoms with Crippen LogP contribution in [0, 0.1) is 0 Å². The Labute approximate surface area is 118 Å². The third kappa shape index (κ3) is 4.80. The largest absolute Gasteiger partial charge is 0.444 e. The molecule has 0 saturated heterocycles. The molecule has 1 aliphatic rings. The van der Waals surface area contributed by atoms with Crippen LogP contribution in [0.2, 0.25) is 0 Å². The molecule has 1 fully saturated rings. The van der Waals surface area contributed by atoms with Gasteiger partial charge in [-0.3, -0.25) is 5.10 Å². The number of nitrogens with zero attached hydrogens (tertiary/aromatic N) is 2. The Morgan fingerprint density at radius 1 is 1.45 bits per heavy atom. The second kappa shape index (κ2) is 6.21. The fourth-order valence-corrected chi connectivity index (χ4v) is 2.33. The molecule has 112 valence electrons. The highest BCUT2D eigenvalue weighted by Crippen LogP contribution is 2.20. The van der Waals surface area contributed by atoms with E-state index in [1.54, 1.807) is 0 Å². The van der Waals surface area contributed by atoms with Crippen molar-refractivity contribution in [2.75, 3.05) is 0 Å². The zero-order chi connectivity index (χ0) is 14.6. The van der Waals surface area contributed by atoms with Gasteiger partial charge in [-0.2, -0.15) is 5.10 Å². The maximum Gasteiger partial charge on any atom is 0.407 e. The van der Waals surface area contributed by atoms with Gasteiger partial charge in [0.2, 0.25) is 0 Å². The first-order chi connectivity index (χ1) is 9.42. The number of carbonyl (C=O) groups is 1. The molecule has 0 spiro atoms. The predicted molar refractivity (Wildman–Crippen MR) is 74.0 cm³/mol. The van der Waals surface area contributed by atoms with Crippen LogP contribution in [0.1, 0.15) is 45.9 Å². The van der Waals surface area contributed by atoms with E-state index in [0.29, 0.717) is 12.6 Å². The van der Waals surface area contributed by atoms with Crippen LogP contribution in [0.5, 0.6) is 0 Å². The number of alkyl carbamates (subject to hydrolysis) is 1. The summed E-state index contributed by atoms with van der Waals surface area (Å²) in [6.45, 7) is 6.26. The molecule has 2 rings (SSSR count). The lowest BCUT2D eigenvalue weighted by Crippen LogP contribution is -2.39. The van der Waals surface area contributed by atoms with Crippen LogP contribution in [0.4, 0.5) is 4.79 Å². The van der Waals surface area contributed by atoms with Crippen LogP contribution in [-0.2, 0) is 11.3 Å². The van der Waals surface area contributed by atoms with E-state index in [2.05, 4.69) is 25.8 Å². The van der Waals surface area contributed by atoms with Gasteiger partial charge in [-0.05, 0) is 40.0 Å². The van der Waals surface area contributed by atoms with E-state index in [9.17, 15) is 4.79 Å². The molecule has 1 heterocycles. The van der Waals surface area contributed by atoms with Gasteiger partial charge in [0.05, 0.1) is 6.54 Å². The van der Waals surface area contributed by atoms with Crippen molar-refractivity contribution in [3.05, 3.63) is 12.2 Å². The number of ether oxygens (including phenoxy) is 1. The smallest absolute Gasteiger partial charge is 0.407 e. The average molecular weight is 281 g/mol. The number of rotatable bonds is 4. The number of aromatic nitrogens is 3. The molecule has 2 atom stereocenters. The monoisotopic (exact) mass is 281 g/mol. The lowest BCUT2D eigenvalue weighted by molar-refractivity contribution is 0.0505. The fraction of sp³-hybridized carbons (Fsp3) is 0.769. The SMILES string of the molecule is CC(C)(C)OC(=O)NC1CCC(NCc2ncn[nH]2)C1. The van der Waals surface area contributed by atoms with Gasteiger partial charge in [0.1, 0.15) is 17.8 Å². The minimum absolute atomic E-state index is 0.178. The Balaban J connectivity index is 1.68. The summed E-state index contributed by atoms with van der Waals surface area (Å²) in [5.41, 5.74) is -0.452. The third-order valence-corrected chi connectivity index (χ3v) is 3.18. The second-order valence-electron chi connectivity index (χ2n) is 6.17. The Morgan fingerprint density at radius 3 is 2.85 bits per heavy atom. The van der Waals surface area contributed by atoms with Crippen molar-refractivity contribution in [3.63, 3.8) is 0 Å². The number of amides is 1. The summed E-state index contributed by atoms with van der Waals surface area (Å²) in [6, 6.07) is 0.567. The number of carbonyl (C=O) groups excluding carboxylic acids is 1. The second-order valence-corrected chi connectivity index (χ2v) is 6.17. The summed E-state index contributed by atoms with van der Waals surface area (Å²) < 4.78 is 5.26. The summed E-state index contributed by atoms with van der Waals surface area (Å²) >= 11 is 0. The highest BCUT2D eigenvalue weighted by atomic mass is 16.6. The zero-order valence-electron chi connectivity index (χ0n) is 12.3. The lowest BCUT2D eigenvalue weighted by Gasteiger charge is -2.21. The Kier molecular flexibility index (Phi) is 4.59. The quantitative estimate of drug-likeness (QED) is 0.774. The number of hydrogen-bond acceptors (Lipinski definition) is 5. The standard InChI is InChI=1S/C13H23N5O2/c1-13(2,3)20-12(19)17-10-5-4-9(6-10)14-7-11-15-8-16-18-11/h8-10,14H,4-7H2,1-3H3,(H,17,19)(H,15,16,18). The van der Waals surface area contributed by atoms with Crippen LogP contribution in [0.25, 0.3) is 0 Å². The normalized spacial score (nSPS) is 22.8. The van der Waals surface area contributed by atoms with Crippen molar-refractivity contribution in [3.8, 4) is 0 Å². The first-order valence-electron chi connectivity index (χ1n) is 6.99. The molecule has 0 radical (unpaired) electrons. The molecule has 1 aliphatic carbocycles. The van der Waals surface area contributed by atoms with Crippen LogP contribution < -0.4 is 10.6 Å². The van der Waals surface area contributed by atoms with Gasteiger partial charge < -0.3 is 15.4 Å². The predicted octanol–water partition coefficient (Wildman–Crippen LogP) is 1.34. The molecule has 1 amide bonds. The van der Waals surface area contributed by atoms with Crippen molar-refractivity contribution >= 4 is 6.09 Å². The van der Waals surface area contributed by atoms with E-state index in [-0.39, 0.29) is 12.1 Å². The van der Waals surface area contributed by atoms with E-state index in [0.717, 1.165) is 25.1 Å². The zero-order valence-corrected chi connectivity index (χ0v) is 12.3. The molecule has 1 aromatic heterocycles. The van der Waals surface area contributed by atoms with Crippen molar-refractivity contribution in [1.29, 1.82) is 0 Å². The maximum atomic E-state index is 11.7. The minimum Gasteiger partial charge on any atom is -0.444 e. The molecule has 7 nitrogen and oxygen atoms in total. The molecule has 0 bridgehead atoms. The van der Waals surface area contributed by atoms with Crippen LogP contribution in [-0.4, -0.2) is 39.0 Å². The molecule has 1 aromatic rings. The number of H-pyrrole nitrogens is 1. The molecular formula is C13H23N5O2. The first-order valence-corrected chi connectivity index (χ1v) is 6.99. The highest BCUT2D eigenvalue weighted by Gasteiger charge is 2.27. The van der Waals surface area contributed by atoms with Crippen LogP contribution >= 0.6 is 0 Å². The summed E-state index contributed by atoms with van der Waals surface area (Å²) in [4.78, 5) is 15.8. The van der Waals surface area contributed by atoms with E-state index < -0.39 is 5.60 Å². The molecule has 2 unspecified atom stereocenters.